The number of benzene rings is 2. The Kier molecular flexibility index (Phi) is 4.66. The van der Waals surface area contributed by atoms with E-state index in [0.717, 1.165) is 16.7 Å². The van der Waals surface area contributed by atoms with Crippen molar-refractivity contribution in [3.63, 3.8) is 0 Å². The minimum Gasteiger partial charge on any atom is -0.295 e. The lowest BCUT2D eigenvalue weighted by molar-refractivity contribution is 0.101. The van der Waals surface area contributed by atoms with E-state index < -0.39 is 10.0 Å². The van der Waals surface area contributed by atoms with Crippen LogP contribution in [-0.4, -0.2) is 14.2 Å². The quantitative estimate of drug-likeness (QED) is 0.859. The Morgan fingerprint density at radius 3 is 2.36 bits per heavy atom. The van der Waals surface area contributed by atoms with Gasteiger partial charge in [0.2, 0.25) is 10.0 Å². The maximum atomic E-state index is 12.4. The van der Waals surface area contributed by atoms with E-state index >= 15 is 0 Å². The van der Waals surface area contributed by atoms with E-state index in [2.05, 4.69) is 4.72 Å². The van der Waals surface area contributed by atoms with Gasteiger partial charge < -0.3 is 0 Å². The van der Waals surface area contributed by atoms with E-state index in [1.54, 1.807) is 31.2 Å². The predicted molar refractivity (Wildman–Crippen MR) is 88.6 cm³/mol. The van der Waals surface area contributed by atoms with Gasteiger partial charge in [0.25, 0.3) is 0 Å². The fourth-order valence-corrected chi connectivity index (χ4v) is 3.49. The number of sulfonamides is 1. The minimum absolute atomic E-state index is 0.0938. The Hall–Kier alpha value is -2.14. The third-order valence-electron chi connectivity index (χ3n) is 3.52. The second-order valence-corrected chi connectivity index (χ2v) is 7.10. The number of carbonyl (C=O) groups excluding carboxylic acids is 1. The summed E-state index contributed by atoms with van der Waals surface area (Å²) < 4.78 is 27.3. The van der Waals surface area contributed by atoms with Crippen molar-refractivity contribution in [3.8, 4) is 0 Å². The van der Waals surface area contributed by atoms with Gasteiger partial charge in [-0.25, -0.2) is 8.42 Å². The maximum absolute atomic E-state index is 12.4. The van der Waals surface area contributed by atoms with Crippen molar-refractivity contribution in [2.75, 3.05) is 4.72 Å². The van der Waals surface area contributed by atoms with Crippen LogP contribution in [0.25, 0.3) is 0 Å². The van der Waals surface area contributed by atoms with E-state index in [-0.39, 0.29) is 11.5 Å². The summed E-state index contributed by atoms with van der Waals surface area (Å²) in [6.45, 7) is 5.14. The van der Waals surface area contributed by atoms with E-state index in [1.165, 1.54) is 6.92 Å². The molecule has 0 spiro atoms. The summed E-state index contributed by atoms with van der Waals surface area (Å²) in [6.07, 6.45) is 0. The third-order valence-corrected chi connectivity index (χ3v) is 4.74. The summed E-state index contributed by atoms with van der Waals surface area (Å²) in [5, 5.41) is 0. The molecule has 0 atom stereocenters. The van der Waals surface area contributed by atoms with Crippen molar-refractivity contribution in [2.24, 2.45) is 0 Å². The molecule has 0 heterocycles. The molecule has 0 amide bonds. The monoisotopic (exact) mass is 317 g/mol. The van der Waals surface area contributed by atoms with Crippen molar-refractivity contribution >= 4 is 21.5 Å². The summed E-state index contributed by atoms with van der Waals surface area (Å²) in [6, 6.07) is 12.4. The first-order chi connectivity index (χ1) is 10.3. The SMILES string of the molecule is CC(=O)c1ccc(C)c(NS(=O)(=O)Cc2ccccc2C)c1. The summed E-state index contributed by atoms with van der Waals surface area (Å²) in [4.78, 5) is 11.4. The minimum atomic E-state index is -3.54. The van der Waals surface area contributed by atoms with Crippen LogP contribution in [0.1, 0.15) is 34.0 Å². The second-order valence-electron chi connectivity index (χ2n) is 5.37. The van der Waals surface area contributed by atoms with Crippen LogP contribution < -0.4 is 4.72 Å². The van der Waals surface area contributed by atoms with Gasteiger partial charge in [-0.1, -0.05) is 36.4 Å². The Morgan fingerprint density at radius 2 is 1.73 bits per heavy atom. The molecule has 2 aromatic rings. The molecule has 4 nitrogen and oxygen atoms in total. The Labute approximate surface area is 131 Å². The van der Waals surface area contributed by atoms with E-state index in [4.69, 9.17) is 0 Å². The zero-order valence-electron chi connectivity index (χ0n) is 12.9. The zero-order chi connectivity index (χ0) is 16.3. The molecule has 0 saturated carbocycles. The molecule has 0 aromatic heterocycles. The van der Waals surface area contributed by atoms with E-state index in [1.807, 2.05) is 25.1 Å². The van der Waals surface area contributed by atoms with E-state index in [9.17, 15) is 13.2 Å². The van der Waals surface area contributed by atoms with E-state index in [0.29, 0.717) is 11.3 Å². The van der Waals surface area contributed by atoms with Gasteiger partial charge in [-0.15, -0.1) is 0 Å². The fraction of sp³-hybridized carbons (Fsp3) is 0.235. The first-order valence-corrected chi connectivity index (χ1v) is 8.60. The highest BCUT2D eigenvalue weighted by Gasteiger charge is 2.15. The lowest BCUT2D eigenvalue weighted by Crippen LogP contribution is -2.16. The fourth-order valence-electron chi connectivity index (χ4n) is 2.13. The van der Waals surface area contributed by atoms with Gasteiger partial charge >= 0.3 is 0 Å². The van der Waals surface area contributed by atoms with Crippen LogP contribution in [0.4, 0.5) is 5.69 Å². The molecule has 0 radical (unpaired) electrons. The molecular formula is C17H19NO3S. The topological polar surface area (TPSA) is 63.2 Å². The van der Waals surface area contributed by atoms with Crippen molar-refractivity contribution < 1.29 is 13.2 Å². The lowest BCUT2D eigenvalue weighted by Gasteiger charge is -2.12. The normalized spacial score (nSPS) is 11.2. The van der Waals surface area contributed by atoms with Crippen molar-refractivity contribution in [1.29, 1.82) is 0 Å². The number of nitrogens with one attached hydrogen (secondary N) is 1. The lowest BCUT2D eigenvalue weighted by atomic mass is 10.1. The highest BCUT2D eigenvalue weighted by atomic mass is 32.2. The molecule has 5 heteroatoms. The molecule has 0 bridgehead atoms. The van der Waals surface area contributed by atoms with Crippen LogP contribution in [0.3, 0.4) is 0 Å². The molecule has 22 heavy (non-hydrogen) atoms. The molecule has 2 rings (SSSR count). The Bertz CT molecular complexity index is 810. The number of hydrogen-bond acceptors (Lipinski definition) is 3. The predicted octanol–water partition coefficient (Wildman–Crippen LogP) is 3.45. The van der Waals surface area contributed by atoms with Gasteiger partial charge in [-0.05, 0) is 43.5 Å². The molecule has 0 aliphatic carbocycles. The molecule has 1 N–H and O–H groups in total. The number of anilines is 1. The number of aryl methyl sites for hydroxylation is 2. The van der Waals surface area contributed by atoms with Gasteiger partial charge in [0.15, 0.2) is 5.78 Å². The highest BCUT2D eigenvalue weighted by molar-refractivity contribution is 7.91. The summed E-state index contributed by atoms with van der Waals surface area (Å²) in [5.74, 6) is -0.192. The standard InChI is InChI=1S/C17H19NO3S/c1-12-6-4-5-7-16(12)11-22(20,21)18-17-10-15(14(3)19)9-8-13(17)2/h4-10,18H,11H2,1-3H3. The van der Waals surface area contributed by atoms with Gasteiger partial charge in [0.1, 0.15) is 0 Å². The first kappa shape index (κ1) is 16.2. The van der Waals surface area contributed by atoms with Crippen molar-refractivity contribution in [2.45, 2.75) is 26.5 Å². The smallest absolute Gasteiger partial charge is 0.236 e. The van der Waals surface area contributed by atoms with Gasteiger partial charge in [-0.3, -0.25) is 9.52 Å². The highest BCUT2D eigenvalue weighted by Crippen LogP contribution is 2.20. The van der Waals surface area contributed by atoms with Crippen LogP contribution in [-0.2, 0) is 15.8 Å². The third kappa shape index (κ3) is 3.95. The van der Waals surface area contributed by atoms with Gasteiger partial charge in [0.05, 0.1) is 11.4 Å². The van der Waals surface area contributed by atoms with Gasteiger partial charge in [0, 0.05) is 5.56 Å². The molecular weight excluding hydrogens is 298 g/mol. The number of ketones is 1. The number of rotatable bonds is 5. The summed E-state index contributed by atoms with van der Waals surface area (Å²) in [5.41, 5.74) is 3.40. The molecule has 0 saturated heterocycles. The summed E-state index contributed by atoms with van der Waals surface area (Å²) >= 11 is 0. The van der Waals surface area contributed by atoms with Gasteiger partial charge in [-0.2, -0.15) is 0 Å². The average molecular weight is 317 g/mol. The molecule has 0 fully saturated rings. The molecule has 0 aliphatic rings. The molecule has 2 aromatic carbocycles. The number of hydrogen-bond donors (Lipinski definition) is 1. The van der Waals surface area contributed by atoms with Crippen LogP contribution in [0.5, 0.6) is 0 Å². The van der Waals surface area contributed by atoms with Crippen molar-refractivity contribution in [3.05, 3.63) is 64.7 Å². The summed E-state index contributed by atoms with van der Waals surface area (Å²) in [7, 11) is -3.54. The first-order valence-electron chi connectivity index (χ1n) is 6.95. The molecule has 0 unspecified atom stereocenters. The number of Topliss-reactive ketones (excluding diaryl/α,β-unsaturated/α-hetero) is 1. The second kappa shape index (κ2) is 6.32. The van der Waals surface area contributed by atoms with Crippen LogP contribution in [0.15, 0.2) is 42.5 Å². The number of carbonyl (C=O) groups is 1. The molecule has 116 valence electrons. The largest absolute Gasteiger partial charge is 0.295 e. The Morgan fingerprint density at radius 1 is 1.05 bits per heavy atom. The zero-order valence-corrected chi connectivity index (χ0v) is 13.7. The molecule has 0 aliphatic heterocycles. The van der Waals surface area contributed by atoms with Crippen molar-refractivity contribution in [1.82, 2.24) is 0 Å². The maximum Gasteiger partial charge on any atom is 0.236 e. The van der Waals surface area contributed by atoms with Crippen LogP contribution >= 0.6 is 0 Å². The van der Waals surface area contributed by atoms with Crippen LogP contribution in [0, 0.1) is 13.8 Å². The average Bonchev–Trinajstić information content (AvgIpc) is 2.43. The van der Waals surface area contributed by atoms with Crippen LogP contribution in [0.2, 0.25) is 0 Å². The Balaban J connectivity index is 2.27.